The SMILES string of the molecule is CCOC(=O)CC=Cc1ccc(OC)c(C(=O)O)c1. The van der Waals surface area contributed by atoms with Gasteiger partial charge in [0, 0.05) is 0 Å². The second-order valence-corrected chi connectivity index (χ2v) is 3.68. The topological polar surface area (TPSA) is 72.8 Å². The first kappa shape index (κ1) is 14.8. The zero-order valence-electron chi connectivity index (χ0n) is 10.9. The Balaban J connectivity index is 2.79. The molecule has 0 spiro atoms. The molecule has 0 saturated carbocycles. The Morgan fingerprint density at radius 1 is 1.37 bits per heavy atom. The fraction of sp³-hybridized carbons (Fsp3) is 0.286. The van der Waals surface area contributed by atoms with Crippen LogP contribution in [0.15, 0.2) is 24.3 Å². The summed E-state index contributed by atoms with van der Waals surface area (Å²) in [5.74, 6) is -1.07. The number of hydrogen-bond acceptors (Lipinski definition) is 4. The number of carbonyl (C=O) groups is 2. The van der Waals surface area contributed by atoms with Crippen LogP contribution in [-0.2, 0) is 9.53 Å². The molecule has 1 N–H and O–H groups in total. The van der Waals surface area contributed by atoms with Crippen molar-refractivity contribution in [2.45, 2.75) is 13.3 Å². The van der Waals surface area contributed by atoms with E-state index in [1.807, 2.05) is 0 Å². The molecule has 19 heavy (non-hydrogen) atoms. The van der Waals surface area contributed by atoms with Gasteiger partial charge in [-0.15, -0.1) is 0 Å². The van der Waals surface area contributed by atoms with E-state index in [0.29, 0.717) is 17.9 Å². The van der Waals surface area contributed by atoms with Gasteiger partial charge in [-0.25, -0.2) is 4.79 Å². The average Bonchev–Trinajstić information content (AvgIpc) is 2.38. The molecule has 0 atom stereocenters. The van der Waals surface area contributed by atoms with Gasteiger partial charge in [-0.05, 0) is 24.6 Å². The van der Waals surface area contributed by atoms with Crippen molar-refractivity contribution in [3.05, 3.63) is 35.4 Å². The molecular weight excluding hydrogens is 248 g/mol. The third-order valence-corrected chi connectivity index (χ3v) is 2.35. The van der Waals surface area contributed by atoms with Crippen molar-refractivity contribution in [2.75, 3.05) is 13.7 Å². The summed E-state index contributed by atoms with van der Waals surface area (Å²) < 4.78 is 9.73. The average molecular weight is 264 g/mol. The molecule has 0 unspecified atom stereocenters. The van der Waals surface area contributed by atoms with E-state index >= 15 is 0 Å². The number of benzene rings is 1. The number of carboxylic acids is 1. The van der Waals surface area contributed by atoms with Crippen LogP contribution in [0.3, 0.4) is 0 Å². The van der Waals surface area contributed by atoms with Gasteiger partial charge in [-0.2, -0.15) is 0 Å². The smallest absolute Gasteiger partial charge is 0.339 e. The van der Waals surface area contributed by atoms with Gasteiger partial charge < -0.3 is 14.6 Å². The summed E-state index contributed by atoms with van der Waals surface area (Å²) >= 11 is 0. The van der Waals surface area contributed by atoms with E-state index in [9.17, 15) is 9.59 Å². The Bertz CT molecular complexity index is 491. The van der Waals surface area contributed by atoms with Gasteiger partial charge >= 0.3 is 11.9 Å². The number of methoxy groups -OCH3 is 1. The Hall–Kier alpha value is -2.30. The molecule has 1 aromatic carbocycles. The van der Waals surface area contributed by atoms with Crippen molar-refractivity contribution in [2.24, 2.45) is 0 Å². The Morgan fingerprint density at radius 2 is 2.11 bits per heavy atom. The number of ether oxygens (including phenoxy) is 2. The molecule has 0 fully saturated rings. The Kier molecular flexibility index (Phi) is 5.60. The van der Waals surface area contributed by atoms with Crippen molar-refractivity contribution < 1.29 is 24.2 Å². The molecule has 0 radical (unpaired) electrons. The highest BCUT2D eigenvalue weighted by molar-refractivity contribution is 5.91. The number of hydrogen-bond donors (Lipinski definition) is 1. The summed E-state index contributed by atoms with van der Waals surface area (Å²) in [5.41, 5.74) is 0.767. The molecule has 0 aliphatic carbocycles. The van der Waals surface area contributed by atoms with Crippen LogP contribution in [-0.4, -0.2) is 30.8 Å². The summed E-state index contributed by atoms with van der Waals surface area (Å²) in [5, 5.41) is 9.03. The molecule has 1 rings (SSSR count). The minimum absolute atomic E-state index is 0.0841. The second kappa shape index (κ2) is 7.20. The zero-order valence-corrected chi connectivity index (χ0v) is 10.9. The summed E-state index contributed by atoms with van der Waals surface area (Å²) in [4.78, 5) is 22.1. The van der Waals surface area contributed by atoms with E-state index in [-0.39, 0.29) is 18.0 Å². The molecule has 0 heterocycles. The Morgan fingerprint density at radius 3 is 2.68 bits per heavy atom. The lowest BCUT2D eigenvalue weighted by molar-refractivity contribution is -0.142. The third-order valence-electron chi connectivity index (χ3n) is 2.35. The maximum Gasteiger partial charge on any atom is 0.339 e. The van der Waals surface area contributed by atoms with Crippen LogP contribution in [0.2, 0.25) is 0 Å². The van der Waals surface area contributed by atoms with E-state index in [1.54, 1.807) is 31.2 Å². The predicted octanol–water partition coefficient (Wildman–Crippen LogP) is 2.36. The van der Waals surface area contributed by atoms with Gasteiger partial charge in [0.05, 0.1) is 20.1 Å². The summed E-state index contributed by atoms with van der Waals surface area (Å²) in [6, 6.07) is 4.78. The molecule has 102 valence electrons. The highest BCUT2D eigenvalue weighted by Crippen LogP contribution is 2.20. The van der Waals surface area contributed by atoms with Crippen LogP contribution in [0.25, 0.3) is 6.08 Å². The quantitative estimate of drug-likeness (QED) is 0.798. The molecule has 0 aliphatic heterocycles. The number of carbonyl (C=O) groups excluding carboxylic acids is 1. The monoisotopic (exact) mass is 264 g/mol. The number of esters is 1. The maximum absolute atomic E-state index is 11.1. The van der Waals surface area contributed by atoms with E-state index in [4.69, 9.17) is 14.6 Å². The molecule has 0 saturated heterocycles. The lowest BCUT2D eigenvalue weighted by Gasteiger charge is -2.05. The Labute approximate surface area is 111 Å². The van der Waals surface area contributed by atoms with Crippen LogP contribution in [0.4, 0.5) is 0 Å². The van der Waals surface area contributed by atoms with Crippen molar-refractivity contribution in [3.63, 3.8) is 0 Å². The lowest BCUT2D eigenvalue weighted by Crippen LogP contribution is -2.01. The zero-order chi connectivity index (χ0) is 14.3. The summed E-state index contributed by atoms with van der Waals surface area (Å²) in [6.07, 6.45) is 3.45. The van der Waals surface area contributed by atoms with Crippen LogP contribution >= 0.6 is 0 Å². The van der Waals surface area contributed by atoms with E-state index in [0.717, 1.165) is 0 Å². The number of carboxylic acid groups (broad SMARTS) is 1. The normalized spacial score (nSPS) is 10.4. The molecule has 0 aliphatic rings. The van der Waals surface area contributed by atoms with Gasteiger partial charge in [-0.1, -0.05) is 18.2 Å². The number of rotatable bonds is 6. The predicted molar refractivity (Wildman–Crippen MR) is 70.2 cm³/mol. The van der Waals surface area contributed by atoms with Gasteiger partial charge in [0.25, 0.3) is 0 Å². The lowest BCUT2D eigenvalue weighted by atomic mass is 10.1. The highest BCUT2D eigenvalue weighted by atomic mass is 16.5. The minimum atomic E-state index is -1.06. The van der Waals surface area contributed by atoms with E-state index in [2.05, 4.69) is 0 Å². The third kappa shape index (κ3) is 4.46. The van der Waals surface area contributed by atoms with Crippen molar-refractivity contribution in [1.29, 1.82) is 0 Å². The minimum Gasteiger partial charge on any atom is -0.496 e. The fourth-order valence-electron chi connectivity index (χ4n) is 1.51. The van der Waals surface area contributed by atoms with Crippen LogP contribution in [0.5, 0.6) is 5.75 Å². The first-order valence-electron chi connectivity index (χ1n) is 5.82. The largest absolute Gasteiger partial charge is 0.496 e. The van der Waals surface area contributed by atoms with Crippen LogP contribution in [0.1, 0.15) is 29.3 Å². The number of aromatic carboxylic acids is 1. The molecule has 0 aromatic heterocycles. The van der Waals surface area contributed by atoms with Crippen LogP contribution in [0, 0.1) is 0 Å². The first-order valence-corrected chi connectivity index (χ1v) is 5.82. The standard InChI is InChI=1S/C14H16O5/c1-3-19-13(15)6-4-5-10-7-8-12(18-2)11(9-10)14(16)17/h4-5,7-9H,3,6H2,1-2H3,(H,16,17). The van der Waals surface area contributed by atoms with Gasteiger partial charge in [0.15, 0.2) is 0 Å². The van der Waals surface area contributed by atoms with Crippen LogP contribution < -0.4 is 4.74 Å². The first-order chi connectivity index (χ1) is 9.08. The molecule has 0 amide bonds. The highest BCUT2D eigenvalue weighted by Gasteiger charge is 2.10. The maximum atomic E-state index is 11.1. The summed E-state index contributed by atoms with van der Waals surface area (Å²) in [7, 11) is 1.41. The molecule has 5 nitrogen and oxygen atoms in total. The second-order valence-electron chi connectivity index (χ2n) is 3.68. The van der Waals surface area contributed by atoms with Gasteiger partial charge in [0.1, 0.15) is 11.3 Å². The molecular formula is C14H16O5. The van der Waals surface area contributed by atoms with Gasteiger partial charge in [0.2, 0.25) is 0 Å². The molecule has 0 bridgehead atoms. The van der Waals surface area contributed by atoms with Crippen molar-refractivity contribution >= 4 is 18.0 Å². The molecule has 5 heteroatoms. The van der Waals surface area contributed by atoms with Crippen molar-refractivity contribution in [1.82, 2.24) is 0 Å². The summed E-state index contributed by atoms with van der Waals surface area (Å²) in [6.45, 7) is 2.09. The van der Waals surface area contributed by atoms with E-state index in [1.165, 1.54) is 13.2 Å². The van der Waals surface area contributed by atoms with Crippen molar-refractivity contribution in [3.8, 4) is 5.75 Å². The van der Waals surface area contributed by atoms with Gasteiger partial charge in [-0.3, -0.25) is 4.79 Å². The molecule has 1 aromatic rings. The fourth-order valence-corrected chi connectivity index (χ4v) is 1.51. The van der Waals surface area contributed by atoms with E-state index < -0.39 is 5.97 Å².